The maximum atomic E-state index is 4.65. The molecule has 0 bridgehead atoms. The number of aromatic nitrogens is 2. The van der Waals surface area contributed by atoms with Crippen LogP contribution in [-0.2, 0) is 18.6 Å². The van der Waals surface area contributed by atoms with Gasteiger partial charge >= 0.3 is 156 Å². The Kier molecular flexibility index (Phi) is 4.81. The average molecular weight is 503 g/mol. The van der Waals surface area contributed by atoms with E-state index in [0.29, 0.717) is 0 Å². The third-order valence-electron chi connectivity index (χ3n) is 3.73. The monoisotopic (exact) mass is 503 g/mol. The molecule has 2 nitrogen and oxygen atoms in total. The molecule has 0 radical (unpaired) electrons. The van der Waals surface area contributed by atoms with E-state index in [0.717, 1.165) is 11.4 Å². The summed E-state index contributed by atoms with van der Waals surface area (Å²) in [4.78, 5) is 9.31. The molecule has 4 aromatic rings. The Bertz CT molecular complexity index is 888. The maximum absolute atomic E-state index is 4.65. The Labute approximate surface area is 156 Å². The van der Waals surface area contributed by atoms with Gasteiger partial charge in [-0.05, 0) is 0 Å². The van der Waals surface area contributed by atoms with Crippen molar-refractivity contribution in [2.75, 3.05) is 0 Å². The number of benzene rings is 2. The minimum absolute atomic E-state index is 0.403. The van der Waals surface area contributed by atoms with Crippen LogP contribution in [0.3, 0.4) is 0 Å². The van der Waals surface area contributed by atoms with Crippen LogP contribution >= 0.6 is 0 Å². The molecule has 25 heavy (non-hydrogen) atoms. The van der Waals surface area contributed by atoms with E-state index in [1.807, 2.05) is 36.7 Å². The van der Waals surface area contributed by atoms with Crippen LogP contribution in [0, 0.1) is 0 Å². The summed E-state index contributed by atoms with van der Waals surface area (Å²) in [5.41, 5.74) is 4.50. The predicted octanol–water partition coefficient (Wildman–Crippen LogP) is 3.84. The van der Waals surface area contributed by atoms with E-state index in [2.05, 4.69) is 70.6 Å². The van der Waals surface area contributed by atoms with Gasteiger partial charge in [0.25, 0.3) is 0 Å². The molecule has 0 spiro atoms. The summed E-state index contributed by atoms with van der Waals surface area (Å²) in [6, 6.07) is 29.3. The van der Waals surface area contributed by atoms with Crippen molar-refractivity contribution < 1.29 is 18.6 Å². The molecule has 0 aliphatic carbocycles. The van der Waals surface area contributed by atoms with E-state index in [1.165, 1.54) is 19.0 Å². The van der Waals surface area contributed by atoms with Crippen molar-refractivity contribution in [2.24, 2.45) is 0 Å². The summed E-state index contributed by atoms with van der Waals surface area (Å²) < 4.78 is 2.64. The first-order valence-electron chi connectivity index (χ1n) is 8.01. The third kappa shape index (κ3) is 3.60. The Hall–Kier alpha value is -2.57. The van der Waals surface area contributed by atoms with Crippen LogP contribution in [0.15, 0.2) is 97.3 Å². The average Bonchev–Trinajstić information content (AvgIpc) is 2.70. The molecule has 3 heteroatoms. The summed E-state index contributed by atoms with van der Waals surface area (Å²) in [5, 5.41) is 0. The third-order valence-corrected chi connectivity index (χ3v) is 6.79. The standard InChI is InChI=1S/2C11H8N.Pt/c2*1-2-6-10(7-3-1)11-8-4-5-9-12-11;/h2*1-7,9H;. The molecule has 0 saturated heterocycles. The number of nitrogens with zero attached hydrogens (tertiary/aromatic N) is 2. The molecular weight excluding hydrogens is 487 g/mol. The summed E-state index contributed by atoms with van der Waals surface area (Å²) in [6.45, 7) is 0. The van der Waals surface area contributed by atoms with Gasteiger partial charge in [0, 0.05) is 0 Å². The van der Waals surface area contributed by atoms with Gasteiger partial charge < -0.3 is 0 Å². The van der Waals surface area contributed by atoms with Crippen LogP contribution in [0.1, 0.15) is 0 Å². The Morgan fingerprint density at radius 3 is 1.36 bits per heavy atom. The molecule has 0 N–H and O–H groups in total. The molecule has 0 aliphatic rings. The van der Waals surface area contributed by atoms with E-state index in [4.69, 9.17) is 0 Å². The topological polar surface area (TPSA) is 25.8 Å². The molecule has 2 heterocycles. The van der Waals surface area contributed by atoms with Crippen molar-refractivity contribution in [3.05, 3.63) is 97.3 Å². The normalized spacial score (nSPS) is 10.7. The summed E-state index contributed by atoms with van der Waals surface area (Å²) in [6.07, 6.45) is 3.74. The molecule has 124 valence electrons. The second-order valence-corrected chi connectivity index (χ2v) is 8.43. The van der Waals surface area contributed by atoms with Gasteiger partial charge in [-0.15, -0.1) is 0 Å². The molecule has 0 fully saturated rings. The summed E-state index contributed by atoms with van der Waals surface area (Å²) in [7, 11) is 0. The van der Waals surface area contributed by atoms with Gasteiger partial charge in [-0.3, -0.25) is 0 Å². The Morgan fingerprint density at radius 1 is 0.480 bits per heavy atom. The van der Waals surface area contributed by atoms with Crippen LogP contribution in [0.5, 0.6) is 0 Å². The fraction of sp³-hybridized carbons (Fsp3) is 0. The summed E-state index contributed by atoms with van der Waals surface area (Å²) in [5.74, 6) is 0. The summed E-state index contributed by atoms with van der Waals surface area (Å²) >= 11 is -0.403. The van der Waals surface area contributed by atoms with E-state index < -0.39 is 18.6 Å². The molecule has 0 unspecified atom stereocenters. The van der Waals surface area contributed by atoms with Crippen molar-refractivity contribution in [3.63, 3.8) is 0 Å². The van der Waals surface area contributed by atoms with Crippen LogP contribution in [0.2, 0.25) is 0 Å². The predicted molar refractivity (Wildman–Crippen MR) is 98.6 cm³/mol. The first kappa shape index (κ1) is 15.9. The van der Waals surface area contributed by atoms with Gasteiger partial charge in [0.2, 0.25) is 0 Å². The SMILES string of the molecule is c1ccc(-c2nccc[c]2[Pt][c]2cccnc2-c2ccccc2)cc1. The van der Waals surface area contributed by atoms with Gasteiger partial charge in [0.1, 0.15) is 0 Å². The molecule has 2 aromatic heterocycles. The van der Waals surface area contributed by atoms with Crippen molar-refractivity contribution >= 4 is 7.91 Å². The number of hydrogen-bond acceptors (Lipinski definition) is 2. The number of hydrogen-bond donors (Lipinski definition) is 0. The number of rotatable bonds is 4. The van der Waals surface area contributed by atoms with Crippen LogP contribution in [0.4, 0.5) is 0 Å². The van der Waals surface area contributed by atoms with Crippen LogP contribution in [-0.4, -0.2) is 9.97 Å². The molecule has 4 rings (SSSR count). The van der Waals surface area contributed by atoms with Gasteiger partial charge in [0.05, 0.1) is 0 Å². The van der Waals surface area contributed by atoms with E-state index in [1.54, 1.807) is 0 Å². The van der Waals surface area contributed by atoms with E-state index in [-0.39, 0.29) is 0 Å². The molecule has 0 atom stereocenters. The molecular formula is C22H16N2Pt. The first-order chi connectivity index (χ1) is 12.4. The zero-order valence-corrected chi connectivity index (χ0v) is 15.7. The number of pyridine rings is 2. The van der Waals surface area contributed by atoms with Crippen LogP contribution in [0.25, 0.3) is 22.5 Å². The molecule has 0 amide bonds. The van der Waals surface area contributed by atoms with Crippen molar-refractivity contribution in [1.82, 2.24) is 9.97 Å². The van der Waals surface area contributed by atoms with Crippen molar-refractivity contribution in [2.45, 2.75) is 0 Å². The fourth-order valence-corrected chi connectivity index (χ4v) is 5.53. The quantitative estimate of drug-likeness (QED) is 0.423. The van der Waals surface area contributed by atoms with Gasteiger partial charge in [-0.25, -0.2) is 0 Å². The second-order valence-electron chi connectivity index (χ2n) is 5.41. The molecule has 2 aromatic carbocycles. The zero-order chi connectivity index (χ0) is 16.9. The van der Waals surface area contributed by atoms with Gasteiger partial charge in [-0.1, -0.05) is 0 Å². The molecule has 0 saturated carbocycles. The fourth-order valence-electron chi connectivity index (χ4n) is 2.57. The Balaban J connectivity index is 1.76. The second kappa shape index (κ2) is 7.54. The van der Waals surface area contributed by atoms with Crippen molar-refractivity contribution in [3.8, 4) is 22.5 Å². The van der Waals surface area contributed by atoms with Gasteiger partial charge in [-0.2, -0.15) is 0 Å². The van der Waals surface area contributed by atoms with E-state index in [9.17, 15) is 0 Å². The minimum atomic E-state index is -0.403. The molecule has 0 aliphatic heterocycles. The van der Waals surface area contributed by atoms with Gasteiger partial charge in [0.15, 0.2) is 0 Å². The first-order valence-corrected chi connectivity index (χ1v) is 10.3. The van der Waals surface area contributed by atoms with Crippen LogP contribution < -0.4 is 7.91 Å². The zero-order valence-electron chi connectivity index (χ0n) is 13.4. The Morgan fingerprint density at radius 2 is 0.920 bits per heavy atom. The van der Waals surface area contributed by atoms with E-state index >= 15 is 0 Å². The van der Waals surface area contributed by atoms with Crippen molar-refractivity contribution in [1.29, 1.82) is 0 Å².